The summed E-state index contributed by atoms with van der Waals surface area (Å²) >= 11 is -1.86. The van der Waals surface area contributed by atoms with E-state index in [-0.39, 0.29) is 16.1 Å². The molecule has 2 fully saturated rings. The Balaban J connectivity index is 2.34. The fourth-order valence-corrected chi connectivity index (χ4v) is 4.66. The van der Waals surface area contributed by atoms with Crippen molar-refractivity contribution in [2.45, 2.75) is 45.3 Å². The molecule has 4 unspecified atom stereocenters. The van der Waals surface area contributed by atoms with Crippen LogP contribution in [0, 0.1) is 16.7 Å². The summed E-state index contributed by atoms with van der Waals surface area (Å²) in [6, 6.07) is 0. The highest BCUT2D eigenvalue weighted by atomic mass is 32.2. The second kappa shape index (κ2) is 2.57. The van der Waals surface area contributed by atoms with Gasteiger partial charge >= 0.3 is 0 Å². The average molecular weight is 201 g/mol. The maximum absolute atomic E-state index is 11.0. The lowest BCUT2D eigenvalue weighted by Crippen LogP contribution is -2.27. The fraction of sp³-hybridized carbons (Fsp3) is 1.00. The number of hydrogen-bond donors (Lipinski definition) is 0. The van der Waals surface area contributed by atoms with Gasteiger partial charge in [0.15, 0.2) is 0 Å². The minimum atomic E-state index is -1.86. The van der Waals surface area contributed by atoms with Crippen molar-refractivity contribution < 1.29 is 8.76 Å². The predicted molar refractivity (Wildman–Crippen MR) is 51.9 cm³/mol. The topological polar surface area (TPSA) is 40.1 Å². The minimum Gasteiger partial charge on any atom is -0.772 e. The highest BCUT2D eigenvalue weighted by molar-refractivity contribution is 7.79. The number of hydrogen-bond acceptors (Lipinski definition) is 2. The Morgan fingerprint density at radius 1 is 1.38 bits per heavy atom. The molecule has 0 amide bonds. The molecule has 2 aliphatic carbocycles. The highest BCUT2D eigenvalue weighted by Gasteiger charge is 2.60. The van der Waals surface area contributed by atoms with Gasteiger partial charge in [0.2, 0.25) is 0 Å². The molecule has 0 heterocycles. The Hall–Kier alpha value is 0.110. The Bertz CT molecular complexity index is 259. The molecule has 0 spiro atoms. The quantitative estimate of drug-likeness (QED) is 0.609. The second-order valence-corrected chi connectivity index (χ2v) is 6.56. The van der Waals surface area contributed by atoms with Crippen molar-refractivity contribution >= 4 is 11.1 Å². The zero-order valence-corrected chi connectivity index (χ0v) is 9.32. The van der Waals surface area contributed by atoms with Gasteiger partial charge in [-0.3, -0.25) is 4.21 Å². The van der Waals surface area contributed by atoms with Crippen LogP contribution in [0.3, 0.4) is 0 Å². The van der Waals surface area contributed by atoms with E-state index in [2.05, 4.69) is 20.8 Å². The van der Waals surface area contributed by atoms with Crippen LogP contribution in [0.5, 0.6) is 0 Å². The van der Waals surface area contributed by atoms with Crippen LogP contribution in [-0.2, 0) is 11.1 Å². The summed E-state index contributed by atoms with van der Waals surface area (Å²) in [6.07, 6.45) is 3.18. The molecular weight excluding hydrogens is 184 g/mol. The number of rotatable bonds is 1. The van der Waals surface area contributed by atoms with Crippen LogP contribution in [-0.4, -0.2) is 14.0 Å². The summed E-state index contributed by atoms with van der Waals surface area (Å²) in [4.78, 5) is 0. The van der Waals surface area contributed by atoms with E-state index in [1.165, 1.54) is 6.42 Å². The zero-order chi connectivity index (χ0) is 9.85. The van der Waals surface area contributed by atoms with Crippen molar-refractivity contribution in [1.29, 1.82) is 0 Å². The summed E-state index contributed by atoms with van der Waals surface area (Å²) < 4.78 is 22.0. The zero-order valence-electron chi connectivity index (χ0n) is 8.50. The van der Waals surface area contributed by atoms with E-state index >= 15 is 0 Å². The summed E-state index contributed by atoms with van der Waals surface area (Å²) in [5, 5.41) is -0.0752. The van der Waals surface area contributed by atoms with Crippen LogP contribution in [0.4, 0.5) is 0 Å². The van der Waals surface area contributed by atoms with Gasteiger partial charge in [-0.15, -0.1) is 0 Å². The molecule has 13 heavy (non-hydrogen) atoms. The fourth-order valence-electron chi connectivity index (χ4n) is 3.41. The molecule has 3 heteroatoms. The molecule has 2 bridgehead atoms. The molecule has 76 valence electrons. The smallest absolute Gasteiger partial charge is 0.0254 e. The Morgan fingerprint density at radius 2 is 2.00 bits per heavy atom. The van der Waals surface area contributed by atoms with Gasteiger partial charge in [-0.1, -0.05) is 31.9 Å². The van der Waals surface area contributed by atoms with Gasteiger partial charge in [0.25, 0.3) is 0 Å². The van der Waals surface area contributed by atoms with Crippen molar-refractivity contribution in [3.05, 3.63) is 0 Å². The van der Waals surface area contributed by atoms with E-state index in [0.717, 1.165) is 12.8 Å². The van der Waals surface area contributed by atoms with Gasteiger partial charge in [0, 0.05) is 5.25 Å². The van der Waals surface area contributed by atoms with Crippen LogP contribution in [0.25, 0.3) is 0 Å². The molecule has 2 nitrogen and oxygen atoms in total. The summed E-state index contributed by atoms with van der Waals surface area (Å²) in [5.41, 5.74) is 0.486. The van der Waals surface area contributed by atoms with E-state index in [1.807, 2.05) is 0 Å². The van der Waals surface area contributed by atoms with Gasteiger partial charge in [-0.2, -0.15) is 0 Å². The first-order chi connectivity index (χ1) is 5.88. The van der Waals surface area contributed by atoms with Crippen molar-refractivity contribution in [1.82, 2.24) is 0 Å². The molecule has 0 aromatic heterocycles. The van der Waals surface area contributed by atoms with Crippen molar-refractivity contribution in [2.24, 2.45) is 16.7 Å². The molecule has 0 saturated heterocycles. The van der Waals surface area contributed by atoms with Gasteiger partial charge in [-0.05, 0) is 36.0 Å². The van der Waals surface area contributed by atoms with E-state index in [9.17, 15) is 8.76 Å². The Kier molecular flexibility index (Phi) is 1.91. The summed E-state index contributed by atoms with van der Waals surface area (Å²) in [5.74, 6) is 0.399. The van der Waals surface area contributed by atoms with E-state index in [1.54, 1.807) is 0 Å². The van der Waals surface area contributed by atoms with Crippen LogP contribution in [0.1, 0.15) is 40.0 Å². The number of fused-ring (bicyclic) bond motifs is 2. The monoisotopic (exact) mass is 201 g/mol. The lowest BCUT2D eigenvalue weighted by molar-refractivity contribution is 0.152. The van der Waals surface area contributed by atoms with Crippen LogP contribution in [0.15, 0.2) is 0 Å². The first-order valence-electron chi connectivity index (χ1n) is 4.96. The molecule has 4 atom stereocenters. The molecule has 0 radical (unpaired) electrons. The lowest BCUT2D eigenvalue weighted by atomic mass is 9.71. The van der Waals surface area contributed by atoms with Crippen LogP contribution in [0.2, 0.25) is 0 Å². The van der Waals surface area contributed by atoms with Crippen molar-refractivity contribution in [2.75, 3.05) is 0 Å². The van der Waals surface area contributed by atoms with Crippen LogP contribution < -0.4 is 0 Å². The van der Waals surface area contributed by atoms with E-state index in [4.69, 9.17) is 0 Å². The third kappa shape index (κ3) is 1.06. The highest BCUT2D eigenvalue weighted by Crippen LogP contribution is 2.66. The standard InChI is InChI=1S/C10H18O2S/c1-9(2)7-4-5-10(9,3)6-8(7)13(11)12/h7-8H,4-6H2,1-3H3,(H,11,12)/p-1. The molecule has 0 aromatic rings. The maximum atomic E-state index is 11.0. The third-order valence-electron chi connectivity index (χ3n) is 4.84. The van der Waals surface area contributed by atoms with E-state index < -0.39 is 11.1 Å². The van der Waals surface area contributed by atoms with Gasteiger partial charge in [0.1, 0.15) is 0 Å². The average Bonchev–Trinajstić information content (AvgIpc) is 2.34. The SMILES string of the molecule is CC12CCC(C(S(=O)[O-])C1)C2(C)C. The normalized spacial score (nSPS) is 49.5. The van der Waals surface area contributed by atoms with Crippen molar-refractivity contribution in [3.8, 4) is 0 Å². The molecule has 0 N–H and O–H groups in total. The van der Waals surface area contributed by atoms with Gasteiger partial charge in [0.05, 0.1) is 0 Å². The molecule has 0 aliphatic heterocycles. The summed E-state index contributed by atoms with van der Waals surface area (Å²) in [7, 11) is 0. The lowest BCUT2D eigenvalue weighted by Gasteiger charge is -2.34. The van der Waals surface area contributed by atoms with Crippen LogP contribution >= 0.6 is 0 Å². The molecule has 2 saturated carbocycles. The van der Waals surface area contributed by atoms with Gasteiger partial charge in [-0.25, -0.2) is 0 Å². The molecule has 0 aromatic carbocycles. The van der Waals surface area contributed by atoms with E-state index in [0.29, 0.717) is 5.92 Å². The minimum absolute atomic E-state index is 0.0752. The molecule has 2 rings (SSSR count). The largest absolute Gasteiger partial charge is 0.772 e. The van der Waals surface area contributed by atoms with Crippen molar-refractivity contribution in [3.63, 3.8) is 0 Å². The predicted octanol–water partition coefficient (Wildman–Crippen LogP) is 2.08. The maximum Gasteiger partial charge on any atom is 0.0254 e. The first kappa shape index (κ1) is 9.66. The Morgan fingerprint density at radius 3 is 2.23 bits per heavy atom. The third-order valence-corrected chi connectivity index (χ3v) is 5.83. The van der Waals surface area contributed by atoms with Gasteiger partial charge < -0.3 is 4.55 Å². The second-order valence-electron chi connectivity index (χ2n) is 5.43. The first-order valence-corrected chi connectivity index (χ1v) is 6.10. The molecular formula is C10H17O2S-. The summed E-state index contributed by atoms with van der Waals surface area (Å²) in [6.45, 7) is 6.72. The Labute approximate surface area is 82.4 Å². The molecule has 2 aliphatic rings.